The van der Waals surface area contributed by atoms with Crippen molar-refractivity contribution in [2.75, 3.05) is 4.90 Å². The highest BCUT2D eigenvalue weighted by molar-refractivity contribution is 6.51. The minimum absolute atomic E-state index is 0.0634. The standard InChI is InChI=1S/C23H16N2O6/c26-18-8-4-5-15(13-18)20-19(21(27)14-9-11-17(12-10-14)25(30)31)22(28)23(29)24(20)16-6-2-1-3-7-16/h1-13,20,26-27H/b21-19-. The second kappa shape index (κ2) is 7.75. The highest BCUT2D eigenvalue weighted by Gasteiger charge is 2.47. The molecule has 1 saturated heterocycles. The maximum atomic E-state index is 13.0. The molecule has 3 aromatic rings. The van der Waals surface area contributed by atoms with Crippen molar-refractivity contribution in [1.82, 2.24) is 0 Å². The van der Waals surface area contributed by atoms with E-state index in [0.29, 0.717) is 11.3 Å². The molecule has 1 unspecified atom stereocenters. The average molecular weight is 416 g/mol. The molecule has 0 spiro atoms. The number of amides is 1. The van der Waals surface area contributed by atoms with Gasteiger partial charge in [0.2, 0.25) is 0 Å². The van der Waals surface area contributed by atoms with Crippen LogP contribution in [0.2, 0.25) is 0 Å². The third kappa shape index (κ3) is 3.51. The van der Waals surface area contributed by atoms with Crippen LogP contribution < -0.4 is 4.90 Å². The summed E-state index contributed by atoms with van der Waals surface area (Å²) in [7, 11) is 0. The van der Waals surface area contributed by atoms with E-state index in [1.807, 2.05) is 0 Å². The Balaban J connectivity index is 1.92. The van der Waals surface area contributed by atoms with Crippen LogP contribution in [0.5, 0.6) is 5.75 Å². The molecule has 3 aromatic carbocycles. The minimum atomic E-state index is -0.996. The van der Waals surface area contributed by atoms with E-state index in [-0.39, 0.29) is 22.6 Å². The fourth-order valence-electron chi connectivity index (χ4n) is 3.59. The lowest BCUT2D eigenvalue weighted by atomic mass is 9.95. The zero-order valence-electron chi connectivity index (χ0n) is 16.0. The number of carbonyl (C=O) groups is 2. The van der Waals surface area contributed by atoms with Crippen molar-refractivity contribution in [3.05, 3.63) is 106 Å². The normalized spacial score (nSPS) is 17.7. The van der Waals surface area contributed by atoms with E-state index in [9.17, 15) is 29.9 Å². The van der Waals surface area contributed by atoms with Gasteiger partial charge in [-0.25, -0.2) is 0 Å². The van der Waals surface area contributed by atoms with E-state index >= 15 is 0 Å². The number of nitrogens with zero attached hydrogens (tertiary/aromatic N) is 2. The number of ketones is 1. The van der Waals surface area contributed by atoms with Crippen LogP contribution in [0.15, 0.2) is 84.4 Å². The van der Waals surface area contributed by atoms with Gasteiger partial charge in [-0.2, -0.15) is 0 Å². The summed E-state index contributed by atoms with van der Waals surface area (Å²) in [4.78, 5) is 37.5. The number of para-hydroxylation sites is 1. The highest BCUT2D eigenvalue weighted by Crippen LogP contribution is 2.42. The Morgan fingerprint density at radius 2 is 1.61 bits per heavy atom. The molecule has 1 aliphatic rings. The van der Waals surface area contributed by atoms with Gasteiger partial charge >= 0.3 is 0 Å². The number of rotatable bonds is 4. The number of phenolic OH excluding ortho intramolecular Hbond substituents is 1. The number of nitro groups is 1. The van der Waals surface area contributed by atoms with Crippen molar-refractivity contribution >= 4 is 28.8 Å². The van der Waals surface area contributed by atoms with Gasteiger partial charge < -0.3 is 10.2 Å². The van der Waals surface area contributed by atoms with Gasteiger partial charge in [0, 0.05) is 23.4 Å². The molecular formula is C23H16N2O6. The summed E-state index contributed by atoms with van der Waals surface area (Å²) in [6.07, 6.45) is 0. The van der Waals surface area contributed by atoms with Crippen LogP contribution in [-0.4, -0.2) is 26.8 Å². The number of non-ortho nitro benzene ring substituents is 1. The molecule has 4 rings (SSSR count). The number of carbonyl (C=O) groups excluding carboxylic acids is 2. The Morgan fingerprint density at radius 3 is 2.23 bits per heavy atom. The SMILES string of the molecule is O=C1C(=O)N(c2ccccc2)C(c2cccc(O)c2)/C1=C(/O)c1ccc([N+](=O)[O-])cc1. The zero-order valence-corrected chi connectivity index (χ0v) is 16.0. The van der Waals surface area contributed by atoms with E-state index in [4.69, 9.17) is 0 Å². The number of hydrogen-bond donors (Lipinski definition) is 2. The van der Waals surface area contributed by atoms with Gasteiger partial charge in [-0.1, -0.05) is 30.3 Å². The Hall–Kier alpha value is -4.46. The number of nitro benzene ring substituents is 1. The Labute approximate surface area is 176 Å². The number of aromatic hydroxyl groups is 1. The number of anilines is 1. The average Bonchev–Trinajstić information content (AvgIpc) is 3.04. The molecular weight excluding hydrogens is 400 g/mol. The first-order chi connectivity index (χ1) is 14.9. The van der Waals surface area contributed by atoms with Gasteiger partial charge in [-0.3, -0.25) is 24.6 Å². The van der Waals surface area contributed by atoms with Gasteiger partial charge in [-0.05, 0) is 42.0 Å². The molecule has 1 heterocycles. The minimum Gasteiger partial charge on any atom is -0.508 e. The van der Waals surface area contributed by atoms with E-state index in [1.54, 1.807) is 42.5 Å². The third-order valence-electron chi connectivity index (χ3n) is 5.02. The van der Waals surface area contributed by atoms with E-state index in [0.717, 1.165) is 0 Å². The van der Waals surface area contributed by atoms with Crippen LogP contribution in [0, 0.1) is 10.1 Å². The summed E-state index contributed by atoms with van der Waals surface area (Å²) >= 11 is 0. The number of phenols is 1. The summed E-state index contributed by atoms with van der Waals surface area (Å²) in [5.41, 5.74) is 0.674. The molecule has 8 heteroatoms. The first kappa shape index (κ1) is 19.8. The van der Waals surface area contributed by atoms with E-state index < -0.39 is 28.4 Å². The predicted molar refractivity (Wildman–Crippen MR) is 112 cm³/mol. The number of aliphatic hydroxyl groups is 1. The lowest BCUT2D eigenvalue weighted by Gasteiger charge is -2.25. The van der Waals surface area contributed by atoms with Crippen molar-refractivity contribution in [1.29, 1.82) is 0 Å². The largest absolute Gasteiger partial charge is 0.508 e. The first-order valence-corrected chi connectivity index (χ1v) is 9.28. The lowest BCUT2D eigenvalue weighted by molar-refractivity contribution is -0.384. The number of Topliss-reactive ketones (excluding diaryl/α,β-unsaturated/α-hetero) is 1. The van der Waals surface area contributed by atoms with Crippen molar-refractivity contribution in [3.8, 4) is 5.75 Å². The van der Waals surface area contributed by atoms with Crippen LogP contribution >= 0.6 is 0 Å². The zero-order chi connectivity index (χ0) is 22.1. The molecule has 0 radical (unpaired) electrons. The lowest BCUT2D eigenvalue weighted by Crippen LogP contribution is -2.29. The first-order valence-electron chi connectivity index (χ1n) is 9.28. The molecule has 0 saturated carbocycles. The fraction of sp³-hybridized carbons (Fsp3) is 0.0435. The highest BCUT2D eigenvalue weighted by atomic mass is 16.6. The molecule has 1 amide bonds. The second-order valence-corrected chi connectivity index (χ2v) is 6.90. The van der Waals surface area contributed by atoms with E-state index in [2.05, 4.69) is 0 Å². The molecule has 0 aliphatic carbocycles. The quantitative estimate of drug-likeness (QED) is 0.219. The smallest absolute Gasteiger partial charge is 0.300 e. The van der Waals surface area contributed by atoms with Crippen LogP contribution in [0.1, 0.15) is 17.2 Å². The molecule has 1 aliphatic heterocycles. The van der Waals surface area contributed by atoms with Crippen LogP contribution in [-0.2, 0) is 9.59 Å². The second-order valence-electron chi connectivity index (χ2n) is 6.90. The van der Waals surface area contributed by atoms with Gasteiger partial charge in [0.25, 0.3) is 17.4 Å². The summed E-state index contributed by atoms with van der Waals surface area (Å²) < 4.78 is 0. The molecule has 8 nitrogen and oxygen atoms in total. The Morgan fingerprint density at radius 1 is 0.935 bits per heavy atom. The number of hydrogen-bond acceptors (Lipinski definition) is 6. The Kier molecular flexibility index (Phi) is 4.96. The number of aliphatic hydroxyl groups excluding tert-OH is 1. The molecule has 154 valence electrons. The van der Waals surface area contributed by atoms with Gasteiger partial charge in [0.05, 0.1) is 16.5 Å². The van der Waals surface area contributed by atoms with Crippen LogP contribution in [0.4, 0.5) is 11.4 Å². The molecule has 1 fully saturated rings. The molecule has 1 atom stereocenters. The van der Waals surface area contributed by atoms with Crippen LogP contribution in [0.25, 0.3) is 5.76 Å². The van der Waals surface area contributed by atoms with Gasteiger partial charge in [-0.15, -0.1) is 0 Å². The molecule has 0 aromatic heterocycles. The van der Waals surface area contributed by atoms with E-state index in [1.165, 1.54) is 41.3 Å². The summed E-state index contributed by atoms with van der Waals surface area (Å²) in [6.45, 7) is 0. The molecule has 0 bridgehead atoms. The van der Waals surface area contributed by atoms with Crippen molar-refractivity contribution < 1.29 is 24.7 Å². The predicted octanol–water partition coefficient (Wildman–Crippen LogP) is 3.93. The third-order valence-corrected chi connectivity index (χ3v) is 5.02. The van der Waals surface area contributed by atoms with Crippen molar-refractivity contribution in [2.24, 2.45) is 0 Å². The molecule has 2 N–H and O–H groups in total. The van der Waals surface area contributed by atoms with Crippen molar-refractivity contribution in [3.63, 3.8) is 0 Å². The molecule has 31 heavy (non-hydrogen) atoms. The summed E-state index contributed by atoms with van der Waals surface area (Å²) in [5, 5.41) is 31.8. The fourth-order valence-corrected chi connectivity index (χ4v) is 3.59. The maximum Gasteiger partial charge on any atom is 0.300 e. The Bertz CT molecular complexity index is 1220. The van der Waals surface area contributed by atoms with Crippen LogP contribution in [0.3, 0.4) is 0 Å². The van der Waals surface area contributed by atoms with Gasteiger partial charge in [0.15, 0.2) is 0 Å². The van der Waals surface area contributed by atoms with Crippen molar-refractivity contribution in [2.45, 2.75) is 6.04 Å². The maximum absolute atomic E-state index is 13.0. The van der Waals surface area contributed by atoms with Gasteiger partial charge in [0.1, 0.15) is 11.5 Å². The summed E-state index contributed by atoms with van der Waals surface area (Å²) in [5.74, 6) is -2.25. The monoisotopic (exact) mass is 416 g/mol. The topological polar surface area (TPSA) is 121 Å². The number of benzene rings is 3. The summed E-state index contributed by atoms with van der Waals surface area (Å²) in [6, 6.07) is 18.6.